The van der Waals surface area contributed by atoms with E-state index in [0.717, 1.165) is 0 Å². The van der Waals surface area contributed by atoms with Gasteiger partial charge in [0.05, 0.1) is 62.4 Å². The number of carbonyl (C=O) groups is 4. The summed E-state index contributed by atoms with van der Waals surface area (Å²) in [5, 5.41) is -2.08. The van der Waals surface area contributed by atoms with E-state index in [9.17, 15) is 19.2 Å². The van der Waals surface area contributed by atoms with Gasteiger partial charge in [0.2, 0.25) is 0 Å². The Bertz CT molecular complexity index is 1130. The summed E-state index contributed by atoms with van der Waals surface area (Å²) in [6, 6.07) is 0. The maximum absolute atomic E-state index is 13.1. The molecule has 0 radical (unpaired) electrons. The van der Waals surface area contributed by atoms with Crippen molar-refractivity contribution in [2.45, 2.75) is 13.1 Å². The highest BCUT2D eigenvalue weighted by Gasteiger charge is 2.50. The van der Waals surface area contributed by atoms with Gasteiger partial charge in [-0.1, -0.05) is 92.8 Å². The Hall–Kier alpha value is -0.960. The van der Waals surface area contributed by atoms with Gasteiger partial charge in [0.15, 0.2) is 0 Å². The second-order valence-electron chi connectivity index (χ2n) is 6.60. The molecule has 2 aliphatic heterocycles. The maximum Gasteiger partial charge on any atom is 0.264 e. The van der Waals surface area contributed by atoms with E-state index in [1.165, 1.54) is 6.92 Å². The van der Waals surface area contributed by atoms with Crippen molar-refractivity contribution in [2.75, 3.05) is 0 Å². The molecule has 0 spiro atoms. The molecule has 4 amide bonds. The molecule has 166 valence electrons. The lowest BCUT2D eigenvalue weighted by atomic mass is 10.1. The Morgan fingerprint density at radius 1 is 0.438 bits per heavy atom. The Labute approximate surface area is 219 Å². The van der Waals surface area contributed by atoms with Gasteiger partial charge in [0.1, 0.15) is 6.17 Å². The van der Waals surface area contributed by atoms with Gasteiger partial charge in [0, 0.05) is 0 Å². The third kappa shape index (κ3) is 3.01. The normalized spacial score (nSPS) is 15.4. The summed E-state index contributed by atoms with van der Waals surface area (Å²) in [7, 11) is 0. The van der Waals surface area contributed by atoms with Crippen LogP contribution in [0.2, 0.25) is 40.2 Å². The van der Waals surface area contributed by atoms with E-state index in [0.29, 0.717) is 9.80 Å². The van der Waals surface area contributed by atoms with Crippen molar-refractivity contribution < 1.29 is 19.2 Å². The summed E-state index contributed by atoms with van der Waals surface area (Å²) in [5.74, 6) is -3.75. The molecule has 32 heavy (non-hydrogen) atoms. The smallest absolute Gasteiger partial charge is 0.264 e. The van der Waals surface area contributed by atoms with Crippen LogP contribution in [0.1, 0.15) is 48.4 Å². The Balaban J connectivity index is 1.84. The van der Waals surface area contributed by atoms with Crippen LogP contribution in [-0.4, -0.2) is 39.6 Å². The SMILES string of the molecule is CC(N1C(=O)c2c(Cl)c(Cl)c(Cl)c(Cl)c2C1=O)N1C(=O)c2c(Cl)c(Cl)c(Cl)c(Cl)c2C1=O. The molecular weight excluding hydrogens is 592 g/mol. The van der Waals surface area contributed by atoms with E-state index in [2.05, 4.69) is 0 Å². The quantitative estimate of drug-likeness (QED) is 0.210. The molecule has 0 bridgehead atoms. The third-order valence-electron chi connectivity index (χ3n) is 5.01. The van der Waals surface area contributed by atoms with Gasteiger partial charge in [-0.05, 0) is 6.92 Å². The first-order chi connectivity index (χ1) is 14.8. The lowest BCUT2D eigenvalue weighted by molar-refractivity contribution is 0.0324. The zero-order valence-electron chi connectivity index (χ0n) is 15.1. The van der Waals surface area contributed by atoms with Gasteiger partial charge >= 0.3 is 0 Å². The van der Waals surface area contributed by atoms with Crippen molar-refractivity contribution in [1.29, 1.82) is 0 Å². The second kappa shape index (κ2) is 8.07. The number of fused-ring (bicyclic) bond motifs is 2. The monoisotopic (exact) mass is 592 g/mol. The van der Waals surface area contributed by atoms with Crippen molar-refractivity contribution in [2.24, 2.45) is 0 Å². The molecule has 14 heteroatoms. The van der Waals surface area contributed by atoms with E-state index in [1.54, 1.807) is 0 Å². The van der Waals surface area contributed by atoms with Crippen molar-refractivity contribution in [3.8, 4) is 0 Å². The number of nitrogens with zero attached hydrogens (tertiary/aromatic N) is 2. The minimum atomic E-state index is -1.44. The summed E-state index contributed by atoms with van der Waals surface area (Å²) < 4.78 is 0. The molecule has 0 atom stereocenters. The summed E-state index contributed by atoms with van der Waals surface area (Å²) in [6.45, 7) is 1.26. The fraction of sp³-hybridized carbons (Fsp3) is 0.111. The van der Waals surface area contributed by atoms with Gasteiger partial charge in [0.25, 0.3) is 23.6 Å². The third-order valence-corrected chi connectivity index (χ3v) is 8.62. The molecule has 2 aromatic carbocycles. The van der Waals surface area contributed by atoms with Crippen molar-refractivity contribution in [3.05, 3.63) is 62.4 Å². The Kier molecular flexibility index (Phi) is 6.09. The minimum absolute atomic E-state index is 0.226. The van der Waals surface area contributed by atoms with Crippen LogP contribution in [0.5, 0.6) is 0 Å². The van der Waals surface area contributed by atoms with Gasteiger partial charge in [-0.25, -0.2) is 0 Å². The van der Waals surface area contributed by atoms with Crippen molar-refractivity contribution >= 4 is 116 Å². The molecule has 2 aliphatic rings. The van der Waals surface area contributed by atoms with Gasteiger partial charge in [-0.15, -0.1) is 0 Å². The number of imide groups is 2. The van der Waals surface area contributed by atoms with Crippen LogP contribution >= 0.6 is 92.8 Å². The topological polar surface area (TPSA) is 74.8 Å². The predicted octanol–water partition coefficient (Wildman–Crippen LogP) is 7.15. The zero-order valence-corrected chi connectivity index (χ0v) is 21.2. The maximum atomic E-state index is 13.1. The number of benzene rings is 2. The summed E-state index contributed by atoms with van der Waals surface area (Å²) in [6.07, 6.45) is -1.44. The number of hydrogen-bond acceptors (Lipinski definition) is 4. The predicted molar refractivity (Wildman–Crippen MR) is 123 cm³/mol. The molecule has 6 nitrogen and oxygen atoms in total. The highest BCUT2D eigenvalue weighted by Crippen LogP contribution is 2.48. The molecule has 2 heterocycles. The minimum Gasteiger partial charge on any atom is -0.268 e. The fourth-order valence-corrected chi connectivity index (χ4v) is 5.56. The largest absolute Gasteiger partial charge is 0.268 e. The molecular formula is C18H4Cl8N2O4. The lowest BCUT2D eigenvalue weighted by Crippen LogP contribution is -2.51. The first kappa shape index (κ1) is 24.2. The van der Waals surface area contributed by atoms with Crippen LogP contribution < -0.4 is 0 Å². The number of carbonyl (C=O) groups excluding carboxylic acids is 4. The summed E-state index contributed by atoms with van der Waals surface area (Å²) in [4.78, 5) is 53.6. The first-order valence-corrected chi connectivity index (χ1v) is 11.3. The van der Waals surface area contributed by atoms with E-state index in [4.69, 9.17) is 92.8 Å². The van der Waals surface area contributed by atoms with Gasteiger partial charge in [-0.3, -0.25) is 29.0 Å². The molecule has 0 N–H and O–H groups in total. The van der Waals surface area contributed by atoms with Crippen LogP contribution in [0.15, 0.2) is 0 Å². The molecule has 0 aromatic heterocycles. The van der Waals surface area contributed by atoms with Crippen molar-refractivity contribution in [3.63, 3.8) is 0 Å². The highest BCUT2D eigenvalue weighted by molar-refractivity contribution is 6.56. The zero-order chi connectivity index (χ0) is 24.0. The summed E-state index contributed by atoms with van der Waals surface area (Å²) >= 11 is 48.5. The highest BCUT2D eigenvalue weighted by atomic mass is 35.5. The Morgan fingerprint density at radius 2 is 0.625 bits per heavy atom. The van der Waals surface area contributed by atoms with Gasteiger partial charge < -0.3 is 0 Å². The molecule has 0 saturated heterocycles. The van der Waals surface area contributed by atoms with E-state index in [-0.39, 0.29) is 62.4 Å². The van der Waals surface area contributed by atoms with Crippen molar-refractivity contribution in [1.82, 2.24) is 9.80 Å². The standard InChI is InChI=1S/C18H4Cl8N2O4/c1-2(27-15(29)3-4(16(27)30)8(20)12(24)11(23)7(3)19)28-17(31)5-6(18(28)32)10(22)14(26)13(25)9(5)21/h2H,1H3. The number of rotatable bonds is 2. The lowest BCUT2D eigenvalue weighted by Gasteiger charge is -2.29. The molecule has 0 saturated carbocycles. The van der Waals surface area contributed by atoms with Crippen LogP contribution in [0.4, 0.5) is 0 Å². The van der Waals surface area contributed by atoms with E-state index >= 15 is 0 Å². The molecule has 0 unspecified atom stereocenters. The van der Waals surface area contributed by atoms with Crippen LogP contribution in [0.3, 0.4) is 0 Å². The number of halogens is 8. The van der Waals surface area contributed by atoms with Crippen LogP contribution in [-0.2, 0) is 0 Å². The van der Waals surface area contributed by atoms with E-state index < -0.39 is 29.8 Å². The van der Waals surface area contributed by atoms with Gasteiger partial charge in [-0.2, -0.15) is 0 Å². The average molecular weight is 596 g/mol. The second-order valence-corrected chi connectivity index (χ2v) is 9.63. The number of amides is 4. The molecule has 4 rings (SSSR count). The molecule has 0 fully saturated rings. The molecule has 2 aromatic rings. The molecule has 0 aliphatic carbocycles. The van der Waals surface area contributed by atoms with E-state index in [1.807, 2.05) is 0 Å². The average Bonchev–Trinajstić information content (AvgIpc) is 3.16. The Morgan fingerprint density at radius 3 is 0.812 bits per heavy atom. The first-order valence-electron chi connectivity index (χ1n) is 8.32. The van der Waals surface area contributed by atoms with Crippen LogP contribution in [0, 0.1) is 0 Å². The van der Waals surface area contributed by atoms with Crippen LogP contribution in [0.25, 0.3) is 0 Å². The fourth-order valence-electron chi connectivity index (χ4n) is 3.53. The number of hydrogen-bond donors (Lipinski definition) is 0. The summed E-state index contributed by atoms with van der Waals surface area (Å²) in [5.41, 5.74) is -1.22.